The molecular formula is C22H18N2O5S. The van der Waals surface area contributed by atoms with Crippen LogP contribution in [-0.2, 0) is 0 Å². The number of ether oxygens (including phenoxy) is 1. The van der Waals surface area contributed by atoms with E-state index in [2.05, 4.69) is 5.32 Å². The van der Waals surface area contributed by atoms with E-state index in [1.54, 1.807) is 30.3 Å². The van der Waals surface area contributed by atoms with Crippen LogP contribution in [0.2, 0.25) is 0 Å². The number of methoxy groups -OCH3 is 1. The maximum Gasteiger partial charge on any atom is 0.269 e. The number of carbonyl (C=O) groups excluding carboxylic acids is 2. The Bertz CT molecular complexity index is 1070. The first-order valence-corrected chi connectivity index (χ1v) is 9.91. The topological polar surface area (TPSA) is 98.5 Å². The number of ketones is 1. The summed E-state index contributed by atoms with van der Waals surface area (Å²) in [7, 11) is 1.53. The van der Waals surface area contributed by atoms with Crippen molar-refractivity contribution in [2.75, 3.05) is 18.2 Å². The largest absolute Gasteiger partial charge is 0.496 e. The number of rotatable bonds is 8. The molecule has 0 unspecified atom stereocenters. The van der Waals surface area contributed by atoms with Gasteiger partial charge in [0.1, 0.15) is 5.75 Å². The molecule has 0 fully saturated rings. The molecule has 0 spiro atoms. The van der Waals surface area contributed by atoms with E-state index in [0.29, 0.717) is 22.6 Å². The van der Waals surface area contributed by atoms with Crippen molar-refractivity contribution in [3.63, 3.8) is 0 Å². The summed E-state index contributed by atoms with van der Waals surface area (Å²) >= 11 is 1.39. The van der Waals surface area contributed by atoms with Gasteiger partial charge in [0.25, 0.3) is 11.6 Å². The van der Waals surface area contributed by atoms with Crippen LogP contribution in [0.25, 0.3) is 0 Å². The zero-order valence-corrected chi connectivity index (χ0v) is 16.8. The average Bonchev–Trinajstić information content (AvgIpc) is 2.78. The van der Waals surface area contributed by atoms with Crippen molar-refractivity contribution >= 4 is 34.8 Å². The number of non-ortho nitro benzene ring substituents is 1. The lowest BCUT2D eigenvalue weighted by molar-refractivity contribution is -0.384. The minimum Gasteiger partial charge on any atom is -0.496 e. The van der Waals surface area contributed by atoms with Gasteiger partial charge in [0.05, 0.1) is 23.3 Å². The number of nitro benzene ring substituents is 1. The summed E-state index contributed by atoms with van der Waals surface area (Å²) in [6.45, 7) is 0. The van der Waals surface area contributed by atoms with Gasteiger partial charge < -0.3 is 10.1 Å². The third-order valence-electron chi connectivity index (χ3n) is 4.23. The molecule has 0 atom stereocenters. The van der Waals surface area contributed by atoms with Crippen molar-refractivity contribution < 1.29 is 19.2 Å². The van der Waals surface area contributed by atoms with Crippen LogP contribution in [0.15, 0.2) is 77.7 Å². The van der Waals surface area contributed by atoms with Gasteiger partial charge in [-0.2, -0.15) is 0 Å². The minimum atomic E-state index is -0.517. The summed E-state index contributed by atoms with van der Waals surface area (Å²) in [5.74, 6) is 0.409. The third-order valence-corrected chi connectivity index (χ3v) is 5.24. The molecule has 0 heterocycles. The SMILES string of the molecule is COc1ccccc1C(=O)CSc1ccc(NC(=O)c2ccc([N+](=O)[O-])cc2)cc1. The second kappa shape index (κ2) is 9.71. The molecule has 3 rings (SSSR count). The minimum absolute atomic E-state index is 0.0343. The molecular weight excluding hydrogens is 404 g/mol. The highest BCUT2D eigenvalue weighted by Crippen LogP contribution is 2.24. The van der Waals surface area contributed by atoms with E-state index < -0.39 is 4.92 Å². The number of benzene rings is 3. The number of thioether (sulfide) groups is 1. The molecule has 0 saturated carbocycles. The van der Waals surface area contributed by atoms with Gasteiger partial charge >= 0.3 is 0 Å². The Morgan fingerprint density at radius 3 is 2.30 bits per heavy atom. The lowest BCUT2D eigenvalue weighted by atomic mass is 10.1. The summed E-state index contributed by atoms with van der Waals surface area (Å²) < 4.78 is 5.22. The summed E-state index contributed by atoms with van der Waals surface area (Å²) in [4.78, 5) is 35.8. The standard InChI is InChI=1S/C22H18N2O5S/c1-29-21-5-3-2-4-19(21)20(25)14-30-18-12-8-16(9-13-18)23-22(26)15-6-10-17(11-7-15)24(27)28/h2-13H,14H2,1H3,(H,23,26). The molecule has 0 radical (unpaired) electrons. The number of nitro groups is 1. The van der Waals surface area contributed by atoms with Gasteiger partial charge in [-0.15, -0.1) is 11.8 Å². The molecule has 0 aromatic heterocycles. The number of hydrogen-bond acceptors (Lipinski definition) is 6. The predicted molar refractivity (Wildman–Crippen MR) is 116 cm³/mol. The van der Waals surface area contributed by atoms with Crippen LogP contribution in [0.5, 0.6) is 5.75 Å². The molecule has 1 N–H and O–H groups in total. The molecule has 1 amide bonds. The predicted octanol–water partition coefficient (Wildman–Crippen LogP) is 4.83. The summed E-state index contributed by atoms with van der Waals surface area (Å²) in [5.41, 5.74) is 1.37. The van der Waals surface area contributed by atoms with Crippen molar-refractivity contribution in [3.8, 4) is 5.75 Å². The van der Waals surface area contributed by atoms with E-state index in [0.717, 1.165) is 4.90 Å². The second-order valence-corrected chi connectivity index (χ2v) is 7.24. The van der Waals surface area contributed by atoms with Gasteiger partial charge in [-0.25, -0.2) is 0 Å². The van der Waals surface area contributed by atoms with Gasteiger partial charge in [-0.3, -0.25) is 19.7 Å². The molecule has 3 aromatic carbocycles. The maximum absolute atomic E-state index is 12.4. The monoisotopic (exact) mass is 422 g/mol. The highest BCUT2D eigenvalue weighted by molar-refractivity contribution is 8.00. The lowest BCUT2D eigenvalue weighted by Gasteiger charge is -2.08. The maximum atomic E-state index is 12.4. The van der Waals surface area contributed by atoms with Gasteiger partial charge in [-0.05, 0) is 48.5 Å². The Kier molecular flexibility index (Phi) is 6.82. The van der Waals surface area contributed by atoms with Crippen molar-refractivity contribution in [2.45, 2.75) is 4.90 Å². The molecule has 0 aliphatic rings. The highest BCUT2D eigenvalue weighted by atomic mass is 32.2. The Hall–Kier alpha value is -3.65. The quantitative estimate of drug-likeness (QED) is 0.242. The molecule has 0 aliphatic heterocycles. The fourth-order valence-corrected chi connectivity index (χ4v) is 3.46. The lowest BCUT2D eigenvalue weighted by Crippen LogP contribution is -2.11. The first-order chi connectivity index (χ1) is 14.5. The number of para-hydroxylation sites is 1. The second-order valence-electron chi connectivity index (χ2n) is 6.19. The van der Waals surface area contributed by atoms with Crippen molar-refractivity contribution in [2.24, 2.45) is 0 Å². The van der Waals surface area contributed by atoms with Gasteiger partial charge in [0, 0.05) is 28.3 Å². The van der Waals surface area contributed by atoms with E-state index in [-0.39, 0.29) is 23.1 Å². The number of hydrogen-bond donors (Lipinski definition) is 1. The van der Waals surface area contributed by atoms with E-state index in [4.69, 9.17) is 4.74 Å². The molecule has 8 heteroatoms. The summed E-state index contributed by atoms with van der Waals surface area (Å²) in [5, 5.41) is 13.4. The van der Waals surface area contributed by atoms with Crippen LogP contribution in [0, 0.1) is 10.1 Å². The average molecular weight is 422 g/mol. The van der Waals surface area contributed by atoms with Crippen LogP contribution in [0.4, 0.5) is 11.4 Å². The fourth-order valence-electron chi connectivity index (χ4n) is 2.67. The normalized spacial score (nSPS) is 10.3. The number of nitrogens with zero attached hydrogens (tertiary/aromatic N) is 1. The van der Waals surface area contributed by atoms with E-state index in [1.165, 1.54) is 43.1 Å². The highest BCUT2D eigenvalue weighted by Gasteiger charge is 2.12. The fraction of sp³-hybridized carbons (Fsp3) is 0.0909. The van der Waals surface area contributed by atoms with Crippen molar-refractivity contribution in [3.05, 3.63) is 94.0 Å². The zero-order chi connectivity index (χ0) is 21.5. The number of Topliss-reactive ketones (excluding diaryl/α,β-unsaturated/α-hetero) is 1. The third kappa shape index (κ3) is 5.24. The molecule has 152 valence electrons. The Morgan fingerprint density at radius 2 is 1.67 bits per heavy atom. The zero-order valence-electron chi connectivity index (χ0n) is 16.0. The van der Waals surface area contributed by atoms with Crippen LogP contribution in [0.1, 0.15) is 20.7 Å². The summed E-state index contributed by atoms with van der Waals surface area (Å²) in [6.07, 6.45) is 0. The molecule has 3 aromatic rings. The molecule has 0 bridgehead atoms. The first kappa shape index (κ1) is 21.1. The Balaban J connectivity index is 1.57. The smallest absolute Gasteiger partial charge is 0.269 e. The Morgan fingerprint density at radius 1 is 1.00 bits per heavy atom. The van der Waals surface area contributed by atoms with Gasteiger partial charge in [-0.1, -0.05) is 12.1 Å². The molecule has 0 aliphatic carbocycles. The number of nitrogens with one attached hydrogen (secondary N) is 1. The van der Waals surface area contributed by atoms with Gasteiger partial charge in [0.15, 0.2) is 5.78 Å². The molecule has 0 saturated heterocycles. The summed E-state index contributed by atoms with van der Waals surface area (Å²) in [6, 6.07) is 19.6. The van der Waals surface area contributed by atoms with Crippen molar-refractivity contribution in [1.82, 2.24) is 0 Å². The Labute approximate surface area is 177 Å². The van der Waals surface area contributed by atoms with Crippen LogP contribution < -0.4 is 10.1 Å². The van der Waals surface area contributed by atoms with E-state index in [1.807, 2.05) is 18.2 Å². The number of anilines is 1. The van der Waals surface area contributed by atoms with Crippen LogP contribution in [0.3, 0.4) is 0 Å². The number of carbonyl (C=O) groups is 2. The van der Waals surface area contributed by atoms with Crippen molar-refractivity contribution in [1.29, 1.82) is 0 Å². The van der Waals surface area contributed by atoms with E-state index >= 15 is 0 Å². The van der Waals surface area contributed by atoms with Gasteiger partial charge in [0.2, 0.25) is 0 Å². The molecule has 30 heavy (non-hydrogen) atoms. The first-order valence-electron chi connectivity index (χ1n) is 8.93. The molecule has 7 nitrogen and oxygen atoms in total. The van der Waals surface area contributed by atoms with E-state index in [9.17, 15) is 19.7 Å². The van der Waals surface area contributed by atoms with Crippen LogP contribution >= 0.6 is 11.8 Å². The number of amides is 1. The van der Waals surface area contributed by atoms with Crippen LogP contribution in [-0.4, -0.2) is 29.5 Å².